The van der Waals surface area contributed by atoms with Gasteiger partial charge in [-0.1, -0.05) is 17.7 Å². The van der Waals surface area contributed by atoms with E-state index in [4.69, 9.17) is 16.3 Å². The first-order valence-electron chi connectivity index (χ1n) is 5.46. The highest BCUT2D eigenvalue weighted by atomic mass is 35.5. The molecule has 0 bridgehead atoms. The summed E-state index contributed by atoms with van der Waals surface area (Å²) in [4.78, 5) is 0. The van der Waals surface area contributed by atoms with E-state index in [0.717, 1.165) is 10.8 Å². The molecule has 0 spiro atoms. The fraction of sp³-hybridized carbons (Fsp3) is 0.462. The van der Waals surface area contributed by atoms with Crippen LogP contribution in [0, 0.1) is 6.42 Å². The van der Waals surface area contributed by atoms with Gasteiger partial charge in [-0.15, -0.1) is 0 Å². The molecular formula is C13H16ClO. The number of hydrogen-bond acceptors (Lipinski definition) is 1. The summed E-state index contributed by atoms with van der Waals surface area (Å²) < 4.78 is 5.15. The first-order chi connectivity index (χ1) is 7.31. The first-order valence-corrected chi connectivity index (χ1v) is 5.84. The van der Waals surface area contributed by atoms with Gasteiger partial charge in [-0.25, -0.2) is 0 Å². The first kappa shape index (κ1) is 10.8. The van der Waals surface area contributed by atoms with Crippen LogP contribution in [0.4, 0.5) is 0 Å². The van der Waals surface area contributed by atoms with Crippen molar-refractivity contribution in [2.24, 2.45) is 0 Å². The van der Waals surface area contributed by atoms with Crippen LogP contribution in [0.1, 0.15) is 37.2 Å². The molecule has 1 saturated carbocycles. The molecule has 2 heteroatoms. The molecular weight excluding hydrogens is 208 g/mol. The summed E-state index contributed by atoms with van der Waals surface area (Å²) in [6.45, 7) is 0. The van der Waals surface area contributed by atoms with Gasteiger partial charge in [-0.05, 0) is 55.7 Å². The van der Waals surface area contributed by atoms with Gasteiger partial charge in [-0.2, -0.15) is 0 Å². The number of benzene rings is 1. The number of methoxy groups -OCH3 is 1. The molecule has 1 aliphatic carbocycles. The lowest BCUT2D eigenvalue weighted by molar-refractivity contribution is 0.414. The molecule has 1 aromatic carbocycles. The van der Waals surface area contributed by atoms with Crippen molar-refractivity contribution in [2.75, 3.05) is 7.11 Å². The third-order valence-electron chi connectivity index (χ3n) is 3.09. The maximum atomic E-state index is 6.25. The highest BCUT2D eigenvalue weighted by Crippen LogP contribution is 2.37. The zero-order valence-corrected chi connectivity index (χ0v) is 9.76. The number of ether oxygens (including phenoxy) is 1. The highest BCUT2D eigenvalue weighted by molar-refractivity contribution is 6.31. The van der Waals surface area contributed by atoms with Gasteiger partial charge in [0.2, 0.25) is 0 Å². The molecule has 0 amide bonds. The maximum Gasteiger partial charge on any atom is 0.120 e. The van der Waals surface area contributed by atoms with Crippen molar-refractivity contribution in [1.29, 1.82) is 0 Å². The zero-order valence-electron chi connectivity index (χ0n) is 9.00. The Kier molecular flexibility index (Phi) is 3.53. The Morgan fingerprint density at radius 2 is 2.00 bits per heavy atom. The normalized spacial score (nSPS) is 17.7. The van der Waals surface area contributed by atoms with Crippen LogP contribution in [0.25, 0.3) is 0 Å². The summed E-state index contributed by atoms with van der Waals surface area (Å²) in [6, 6.07) is 6.02. The summed E-state index contributed by atoms with van der Waals surface area (Å²) >= 11 is 6.25. The van der Waals surface area contributed by atoms with E-state index in [-0.39, 0.29) is 0 Å². The summed E-state index contributed by atoms with van der Waals surface area (Å²) in [5.41, 5.74) is 1.28. The molecule has 0 aliphatic heterocycles. The third-order valence-corrected chi connectivity index (χ3v) is 3.41. The van der Waals surface area contributed by atoms with Gasteiger partial charge in [0.1, 0.15) is 5.75 Å². The van der Waals surface area contributed by atoms with E-state index in [1.54, 1.807) is 7.11 Å². The molecule has 1 aliphatic rings. The van der Waals surface area contributed by atoms with Crippen LogP contribution in [-0.4, -0.2) is 7.11 Å². The fourth-order valence-corrected chi connectivity index (χ4v) is 2.53. The molecule has 1 nitrogen and oxygen atoms in total. The highest BCUT2D eigenvalue weighted by Gasteiger charge is 2.18. The topological polar surface area (TPSA) is 9.23 Å². The molecule has 0 saturated heterocycles. The van der Waals surface area contributed by atoms with Crippen LogP contribution < -0.4 is 4.74 Å². The third kappa shape index (κ3) is 2.46. The molecule has 0 heterocycles. The van der Waals surface area contributed by atoms with Crippen molar-refractivity contribution in [1.82, 2.24) is 0 Å². The van der Waals surface area contributed by atoms with E-state index in [1.807, 2.05) is 12.1 Å². The minimum Gasteiger partial charge on any atom is -0.497 e. The fourth-order valence-electron chi connectivity index (χ4n) is 2.20. The molecule has 2 rings (SSSR count). The van der Waals surface area contributed by atoms with Crippen LogP contribution in [-0.2, 0) is 0 Å². The Balaban J connectivity index is 2.19. The molecule has 1 aromatic rings. The van der Waals surface area contributed by atoms with Gasteiger partial charge >= 0.3 is 0 Å². The second-order valence-corrected chi connectivity index (χ2v) is 4.43. The molecule has 1 radical (unpaired) electrons. The lowest BCUT2D eigenvalue weighted by atomic mass is 9.84. The van der Waals surface area contributed by atoms with Crippen molar-refractivity contribution < 1.29 is 4.74 Å². The minimum absolute atomic E-state index is 0.633. The summed E-state index contributed by atoms with van der Waals surface area (Å²) in [5.74, 6) is 1.47. The van der Waals surface area contributed by atoms with E-state index in [1.165, 1.54) is 31.2 Å². The molecule has 1 fully saturated rings. The van der Waals surface area contributed by atoms with Crippen molar-refractivity contribution in [3.05, 3.63) is 35.2 Å². The quantitative estimate of drug-likeness (QED) is 0.730. The monoisotopic (exact) mass is 223 g/mol. The van der Waals surface area contributed by atoms with Crippen molar-refractivity contribution in [3.63, 3.8) is 0 Å². The molecule has 81 valence electrons. The van der Waals surface area contributed by atoms with E-state index in [9.17, 15) is 0 Å². The summed E-state index contributed by atoms with van der Waals surface area (Å²) in [7, 11) is 1.67. The Bertz CT molecular complexity index is 329. The smallest absolute Gasteiger partial charge is 0.120 e. The standard InChI is InChI=1S/C13H16ClO/c1-15-11-7-8-12(13(14)9-11)10-5-3-2-4-6-10/h2,7-10H,3-6H2,1H3. The van der Waals surface area contributed by atoms with Gasteiger partial charge in [0.05, 0.1) is 7.11 Å². The van der Waals surface area contributed by atoms with Crippen LogP contribution in [0.2, 0.25) is 5.02 Å². The zero-order chi connectivity index (χ0) is 10.7. The summed E-state index contributed by atoms with van der Waals surface area (Å²) in [6.07, 6.45) is 7.26. The van der Waals surface area contributed by atoms with Crippen molar-refractivity contribution in [3.8, 4) is 5.75 Å². The Morgan fingerprint density at radius 1 is 1.27 bits per heavy atom. The minimum atomic E-state index is 0.633. The van der Waals surface area contributed by atoms with Crippen LogP contribution in [0.5, 0.6) is 5.75 Å². The van der Waals surface area contributed by atoms with Crippen LogP contribution in [0.15, 0.2) is 18.2 Å². The van der Waals surface area contributed by atoms with Crippen LogP contribution >= 0.6 is 11.6 Å². The number of rotatable bonds is 2. The number of halogens is 1. The van der Waals surface area contributed by atoms with Gasteiger partial charge in [0.25, 0.3) is 0 Å². The van der Waals surface area contributed by atoms with Crippen molar-refractivity contribution in [2.45, 2.75) is 31.6 Å². The Hall–Kier alpha value is -0.690. The molecule has 15 heavy (non-hydrogen) atoms. The van der Waals surface area contributed by atoms with E-state index in [0.29, 0.717) is 5.92 Å². The maximum absolute atomic E-state index is 6.25. The predicted octanol–water partition coefficient (Wildman–Crippen LogP) is 4.21. The SMILES string of the molecule is COc1ccc(C2CC[CH]CC2)c(Cl)c1. The van der Waals surface area contributed by atoms with Gasteiger partial charge in [-0.3, -0.25) is 0 Å². The average molecular weight is 224 g/mol. The van der Waals surface area contributed by atoms with Crippen LogP contribution in [0.3, 0.4) is 0 Å². The largest absolute Gasteiger partial charge is 0.497 e. The molecule has 0 N–H and O–H groups in total. The van der Waals surface area contributed by atoms with E-state index >= 15 is 0 Å². The molecule has 0 atom stereocenters. The lowest BCUT2D eigenvalue weighted by Crippen LogP contribution is -2.05. The number of hydrogen-bond donors (Lipinski definition) is 0. The Morgan fingerprint density at radius 3 is 2.60 bits per heavy atom. The van der Waals surface area contributed by atoms with Gasteiger partial charge in [0.15, 0.2) is 0 Å². The predicted molar refractivity (Wildman–Crippen MR) is 63.5 cm³/mol. The second-order valence-electron chi connectivity index (χ2n) is 4.03. The molecule has 0 aromatic heterocycles. The lowest BCUT2D eigenvalue weighted by Gasteiger charge is -2.22. The van der Waals surface area contributed by atoms with Gasteiger partial charge < -0.3 is 4.74 Å². The van der Waals surface area contributed by atoms with E-state index < -0.39 is 0 Å². The van der Waals surface area contributed by atoms with Crippen molar-refractivity contribution >= 4 is 11.6 Å². The Labute approximate surface area is 96.4 Å². The van der Waals surface area contributed by atoms with E-state index in [2.05, 4.69) is 12.5 Å². The average Bonchev–Trinajstić information content (AvgIpc) is 2.30. The second kappa shape index (κ2) is 4.89. The molecule has 0 unspecified atom stereocenters. The van der Waals surface area contributed by atoms with Gasteiger partial charge in [0, 0.05) is 5.02 Å². The summed E-state index contributed by atoms with van der Waals surface area (Å²) in [5, 5.41) is 0.848.